The van der Waals surface area contributed by atoms with E-state index in [0.717, 1.165) is 13.9 Å². The topological polar surface area (TPSA) is 29.1 Å². The molecule has 1 N–H and O–H groups in total. The summed E-state index contributed by atoms with van der Waals surface area (Å²) in [6.07, 6.45) is 0. The maximum atomic E-state index is 12.1. The zero-order chi connectivity index (χ0) is 14.0. The van der Waals surface area contributed by atoms with Gasteiger partial charge in [0.2, 0.25) is 0 Å². The zero-order valence-corrected chi connectivity index (χ0v) is 14.5. The number of rotatable bonds is 3. The van der Waals surface area contributed by atoms with Crippen molar-refractivity contribution in [2.75, 3.05) is 5.32 Å². The van der Waals surface area contributed by atoms with Crippen LogP contribution in [-0.4, -0.2) is 5.91 Å². The Labute approximate surface area is 133 Å². The molecule has 0 fully saturated rings. The lowest BCUT2D eigenvalue weighted by atomic mass is 10.0. The Kier molecular flexibility index (Phi) is 4.81. The van der Waals surface area contributed by atoms with Crippen molar-refractivity contribution in [1.82, 2.24) is 0 Å². The number of benzene rings is 1. The van der Waals surface area contributed by atoms with Gasteiger partial charge < -0.3 is 5.32 Å². The Balaban J connectivity index is 2.10. The van der Waals surface area contributed by atoms with Crippen molar-refractivity contribution in [3.05, 3.63) is 49.0 Å². The van der Waals surface area contributed by atoms with Crippen LogP contribution < -0.4 is 5.32 Å². The Morgan fingerprint density at radius 2 is 1.84 bits per heavy atom. The third-order valence-corrected chi connectivity index (χ3v) is 5.96. The standard InChI is InChI=1S/C14H13Br2NOS/c1-8(2)9-3-5-10(6-4-9)17-14(18)12-7-11(15)13(16)19-12/h3-8H,1-2H3,(H,17,18). The molecule has 0 spiro atoms. The summed E-state index contributed by atoms with van der Waals surface area (Å²) in [5.74, 6) is 0.405. The van der Waals surface area contributed by atoms with Crippen LogP contribution in [0.4, 0.5) is 5.69 Å². The molecule has 5 heteroatoms. The summed E-state index contributed by atoms with van der Waals surface area (Å²) in [6.45, 7) is 4.29. The molecule has 100 valence electrons. The van der Waals surface area contributed by atoms with Gasteiger partial charge in [-0.1, -0.05) is 26.0 Å². The molecular weight excluding hydrogens is 390 g/mol. The monoisotopic (exact) mass is 401 g/mol. The third kappa shape index (κ3) is 3.68. The van der Waals surface area contributed by atoms with Gasteiger partial charge in [-0.25, -0.2) is 0 Å². The van der Waals surface area contributed by atoms with Gasteiger partial charge in [-0.3, -0.25) is 4.79 Å². The normalized spacial score (nSPS) is 10.8. The first-order chi connectivity index (χ1) is 8.97. The number of thiophene rings is 1. The van der Waals surface area contributed by atoms with E-state index in [-0.39, 0.29) is 5.91 Å². The van der Waals surface area contributed by atoms with Crippen molar-refractivity contribution in [3.63, 3.8) is 0 Å². The lowest BCUT2D eigenvalue weighted by Gasteiger charge is -2.07. The predicted octanol–water partition coefficient (Wildman–Crippen LogP) is 5.65. The van der Waals surface area contributed by atoms with Gasteiger partial charge in [0.15, 0.2) is 0 Å². The van der Waals surface area contributed by atoms with Crippen LogP contribution in [0.15, 0.2) is 38.6 Å². The molecule has 2 rings (SSSR count). The van der Waals surface area contributed by atoms with Crippen LogP contribution in [0.2, 0.25) is 0 Å². The highest BCUT2D eigenvalue weighted by Gasteiger charge is 2.12. The van der Waals surface area contributed by atoms with Gasteiger partial charge in [0.05, 0.1) is 8.66 Å². The highest BCUT2D eigenvalue weighted by molar-refractivity contribution is 9.13. The zero-order valence-electron chi connectivity index (χ0n) is 10.5. The summed E-state index contributed by atoms with van der Waals surface area (Å²) in [4.78, 5) is 12.7. The highest BCUT2D eigenvalue weighted by Crippen LogP contribution is 2.32. The van der Waals surface area contributed by atoms with Gasteiger partial charge in [0.25, 0.3) is 5.91 Å². The maximum absolute atomic E-state index is 12.1. The molecule has 1 heterocycles. The molecule has 0 aliphatic carbocycles. The Hall–Kier alpha value is -0.650. The van der Waals surface area contributed by atoms with E-state index >= 15 is 0 Å². The summed E-state index contributed by atoms with van der Waals surface area (Å²) < 4.78 is 1.82. The minimum Gasteiger partial charge on any atom is -0.321 e. The number of halogens is 2. The maximum Gasteiger partial charge on any atom is 0.265 e. The Bertz CT molecular complexity index is 570. The SMILES string of the molecule is CC(C)c1ccc(NC(=O)c2cc(Br)c(Br)s2)cc1. The van der Waals surface area contributed by atoms with Gasteiger partial charge in [-0.15, -0.1) is 11.3 Å². The fraction of sp³-hybridized carbons (Fsp3) is 0.214. The summed E-state index contributed by atoms with van der Waals surface area (Å²) in [7, 11) is 0. The summed E-state index contributed by atoms with van der Waals surface area (Å²) in [6, 6.07) is 9.77. The number of hydrogen-bond acceptors (Lipinski definition) is 2. The summed E-state index contributed by atoms with van der Waals surface area (Å²) >= 11 is 8.17. The molecule has 0 unspecified atom stereocenters. The van der Waals surface area contributed by atoms with E-state index in [0.29, 0.717) is 10.8 Å². The van der Waals surface area contributed by atoms with Gasteiger partial charge >= 0.3 is 0 Å². The lowest BCUT2D eigenvalue weighted by Crippen LogP contribution is -2.10. The average Bonchev–Trinajstić information content (AvgIpc) is 2.70. The molecule has 0 radical (unpaired) electrons. The first-order valence-electron chi connectivity index (χ1n) is 5.83. The lowest BCUT2D eigenvalue weighted by molar-refractivity contribution is 0.103. The molecule has 0 saturated heterocycles. The quantitative estimate of drug-likeness (QED) is 0.706. The van der Waals surface area contributed by atoms with Crippen LogP contribution >= 0.6 is 43.2 Å². The number of hydrogen-bond donors (Lipinski definition) is 1. The van der Waals surface area contributed by atoms with Crippen molar-refractivity contribution < 1.29 is 4.79 Å². The van der Waals surface area contributed by atoms with E-state index in [1.165, 1.54) is 16.9 Å². The largest absolute Gasteiger partial charge is 0.321 e. The van der Waals surface area contributed by atoms with Crippen molar-refractivity contribution in [2.24, 2.45) is 0 Å². The molecule has 2 aromatic rings. The molecule has 0 atom stereocenters. The molecule has 1 aromatic heterocycles. The van der Waals surface area contributed by atoms with Gasteiger partial charge in [-0.05, 0) is 61.5 Å². The minimum atomic E-state index is -0.0892. The number of anilines is 1. The molecule has 0 aliphatic heterocycles. The smallest absolute Gasteiger partial charge is 0.265 e. The first kappa shape index (κ1) is 14.8. The average molecular weight is 403 g/mol. The molecule has 19 heavy (non-hydrogen) atoms. The Morgan fingerprint density at radius 3 is 2.32 bits per heavy atom. The molecule has 0 bridgehead atoms. The fourth-order valence-electron chi connectivity index (χ4n) is 1.60. The van der Waals surface area contributed by atoms with Crippen molar-refractivity contribution in [3.8, 4) is 0 Å². The third-order valence-electron chi connectivity index (χ3n) is 2.70. The van der Waals surface area contributed by atoms with E-state index in [1.807, 2.05) is 30.3 Å². The van der Waals surface area contributed by atoms with Gasteiger partial charge in [0, 0.05) is 10.2 Å². The van der Waals surface area contributed by atoms with Crippen molar-refractivity contribution >= 4 is 54.8 Å². The van der Waals surface area contributed by atoms with E-state index in [1.54, 1.807) is 0 Å². The highest BCUT2D eigenvalue weighted by atomic mass is 79.9. The van der Waals surface area contributed by atoms with Crippen LogP contribution in [0.1, 0.15) is 35.0 Å². The predicted molar refractivity (Wildman–Crippen MR) is 88.2 cm³/mol. The number of carbonyl (C=O) groups excluding carboxylic acids is 1. The second-order valence-corrected chi connectivity index (χ2v) is 7.69. The van der Waals surface area contributed by atoms with Crippen LogP contribution in [0.25, 0.3) is 0 Å². The molecule has 0 saturated carbocycles. The van der Waals surface area contributed by atoms with E-state index in [4.69, 9.17) is 0 Å². The Morgan fingerprint density at radius 1 is 1.21 bits per heavy atom. The van der Waals surface area contributed by atoms with E-state index in [2.05, 4.69) is 51.0 Å². The number of carbonyl (C=O) groups is 1. The molecule has 0 aliphatic rings. The van der Waals surface area contributed by atoms with Crippen LogP contribution in [0.5, 0.6) is 0 Å². The molecular formula is C14H13Br2NOS. The second kappa shape index (κ2) is 6.20. The van der Waals surface area contributed by atoms with E-state index in [9.17, 15) is 4.79 Å². The van der Waals surface area contributed by atoms with Crippen LogP contribution in [0, 0.1) is 0 Å². The second-order valence-electron chi connectivity index (χ2n) is 4.46. The number of amides is 1. The first-order valence-corrected chi connectivity index (χ1v) is 8.23. The molecule has 2 nitrogen and oxygen atoms in total. The molecule has 1 amide bonds. The van der Waals surface area contributed by atoms with Gasteiger partial charge in [-0.2, -0.15) is 0 Å². The minimum absolute atomic E-state index is 0.0892. The van der Waals surface area contributed by atoms with Crippen molar-refractivity contribution in [2.45, 2.75) is 19.8 Å². The molecule has 1 aromatic carbocycles. The fourth-order valence-corrected chi connectivity index (χ4v) is 3.53. The van der Waals surface area contributed by atoms with Crippen LogP contribution in [0.3, 0.4) is 0 Å². The summed E-state index contributed by atoms with van der Waals surface area (Å²) in [5, 5.41) is 2.89. The van der Waals surface area contributed by atoms with E-state index < -0.39 is 0 Å². The summed E-state index contributed by atoms with van der Waals surface area (Å²) in [5.41, 5.74) is 2.08. The van der Waals surface area contributed by atoms with Crippen LogP contribution in [-0.2, 0) is 0 Å². The van der Waals surface area contributed by atoms with Gasteiger partial charge in [0.1, 0.15) is 0 Å². The number of nitrogens with one attached hydrogen (secondary N) is 1. The van der Waals surface area contributed by atoms with Crippen molar-refractivity contribution in [1.29, 1.82) is 0 Å².